The number of amides is 1. The van der Waals surface area contributed by atoms with Gasteiger partial charge in [-0.2, -0.15) is 0 Å². The molecule has 0 aromatic heterocycles. The maximum absolute atomic E-state index is 12.0. The van der Waals surface area contributed by atoms with Gasteiger partial charge in [0.25, 0.3) is 0 Å². The third-order valence-corrected chi connectivity index (χ3v) is 3.36. The first kappa shape index (κ1) is 13.5. The molecule has 16 heavy (non-hydrogen) atoms. The van der Waals surface area contributed by atoms with Gasteiger partial charge in [-0.05, 0) is 51.5 Å². The Morgan fingerprint density at radius 2 is 2.19 bits per heavy atom. The summed E-state index contributed by atoms with van der Waals surface area (Å²) >= 11 is 0. The van der Waals surface area contributed by atoms with Gasteiger partial charge < -0.3 is 10.6 Å². The Bertz CT molecular complexity index is 220. The van der Waals surface area contributed by atoms with E-state index in [1.54, 1.807) is 0 Å². The van der Waals surface area contributed by atoms with E-state index in [0.29, 0.717) is 0 Å². The third-order valence-electron chi connectivity index (χ3n) is 3.36. The standard InChI is InChI=1S/C13H26N2O/c1-11(2)7-6-9-14-12(16)13(3)8-4-5-10-15-13/h11,15H,4-10H2,1-3H3,(H,14,16). The normalized spacial score (nSPS) is 25.8. The first-order valence-electron chi connectivity index (χ1n) is 6.58. The van der Waals surface area contributed by atoms with E-state index in [4.69, 9.17) is 0 Å². The van der Waals surface area contributed by atoms with Gasteiger partial charge in [-0.1, -0.05) is 13.8 Å². The zero-order valence-corrected chi connectivity index (χ0v) is 10.9. The van der Waals surface area contributed by atoms with Crippen LogP contribution in [0.4, 0.5) is 0 Å². The summed E-state index contributed by atoms with van der Waals surface area (Å²) in [6, 6.07) is 0. The minimum atomic E-state index is -0.323. The van der Waals surface area contributed by atoms with Crippen molar-refractivity contribution in [2.24, 2.45) is 5.92 Å². The van der Waals surface area contributed by atoms with Gasteiger partial charge in [0.2, 0.25) is 5.91 Å². The Balaban J connectivity index is 2.23. The highest BCUT2D eigenvalue weighted by atomic mass is 16.2. The molecule has 2 N–H and O–H groups in total. The fourth-order valence-electron chi connectivity index (χ4n) is 2.16. The number of nitrogens with one attached hydrogen (secondary N) is 2. The Hall–Kier alpha value is -0.570. The summed E-state index contributed by atoms with van der Waals surface area (Å²) in [5, 5.41) is 6.38. The quantitative estimate of drug-likeness (QED) is 0.705. The van der Waals surface area contributed by atoms with E-state index in [9.17, 15) is 4.79 Å². The number of carbonyl (C=O) groups excluding carboxylic acids is 1. The van der Waals surface area contributed by atoms with E-state index >= 15 is 0 Å². The summed E-state index contributed by atoms with van der Waals surface area (Å²) < 4.78 is 0. The lowest BCUT2D eigenvalue weighted by Gasteiger charge is -2.33. The summed E-state index contributed by atoms with van der Waals surface area (Å²) in [5.74, 6) is 0.899. The first-order chi connectivity index (χ1) is 7.54. The Morgan fingerprint density at radius 3 is 2.75 bits per heavy atom. The van der Waals surface area contributed by atoms with Crippen LogP contribution in [-0.2, 0) is 4.79 Å². The number of rotatable bonds is 5. The Labute approximate surface area is 99.4 Å². The minimum absolute atomic E-state index is 0.177. The van der Waals surface area contributed by atoms with E-state index in [1.165, 1.54) is 12.8 Å². The summed E-state index contributed by atoms with van der Waals surface area (Å²) in [5.41, 5.74) is -0.323. The average molecular weight is 226 g/mol. The monoisotopic (exact) mass is 226 g/mol. The SMILES string of the molecule is CC(C)CCCNC(=O)C1(C)CCCCN1. The molecule has 0 spiro atoms. The van der Waals surface area contributed by atoms with Crippen molar-refractivity contribution < 1.29 is 4.79 Å². The van der Waals surface area contributed by atoms with Crippen molar-refractivity contribution in [3.05, 3.63) is 0 Å². The highest BCUT2D eigenvalue weighted by Crippen LogP contribution is 2.18. The summed E-state index contributed by atoms with van der Waals surface area (Å²) in [7, 11) is 0. The van der Waals surface area contributed by atoms with Gasteiger partial charge >= 0.3 is 0 Å². The smallest absolute Gasteiger partial charge is 0.240 e. The van der Waals surface area contributed by atoms with Gasteiger partial charge in [0.05, 0.1) is 5.54 Å². The molecule has 1 amide bonds. The van der Waals surface area contributed by atoms with Gasteiger partial charge in [-0.25, -0.2) is 0 Å². The molecular weight excluding hydrogens is 200 g/mol. The molecule has 94 valence electrons. The summed E-state index contributed by atoms with van der Waals surface area (Å²) in [6.45, 7) is 8.23. The molecule has 0 saturated carbocycles. The fourth-order valence-corrected chi connectivity index (χ4v) is 2.16. The van der Waals surface area contributed by atoms with Gasteiger partial charge in [-0.15, -0.1) is 0 Å². The zero-order valence-electron chi connectivity index (χ0n) is 10.9. The van der Waals surface area contributed by atoms with Crippen molar-refractivity contribution in [2.45, 2.75) is 58.4 Å². The lowest BCUT2D eigenvalue weighted by molar-refractivity contribution is -0.127. The molecule has 0 aromatic rings. The third kappa shape index (κ3) is 4.12. The van der Waals surface area contributed by atoms with E-state index < -0.39 is 0 Å². The van der Waals surface area contributed by atoms with Crippen LogP contribution in [0.5, 0.6) is 0 Å². The molecule has 0 radical (unpaired) electrons. The van der Waals surface area contributed by atoms with Gasteiger partial charge in [0.15, 0.2) is 0 Å². The van der Waals surface area contributed by atoms with E-state index in [2.05, 4.69) is 24.5 Å². The second-order valence-electron chi connectivity index (χ2n) is 5.51. The molecule has 1 unspecified atom stereocenters. The number of hydrogen-bond donors (Lipinski definition) is 2. The topological polar surface area (TPSA) is 41.1 Å². The van der Waals surface area contributed by atoms with Gasteiger partial charge in [0, 0.05) is 6.54 Å². The molecule has 3 nitrogen and oxygen atoms in total. The van der Waals surface area contributed by atoms with Crippen LogP contribution in [0.15, 0.2) is 0 Å². The molecule has 1 aliphatic rings. The van der Waals surface area contributed by atoms with Crippen LogP contribution in [0.25, 0.3) is 0 Å². The first-order valence-corrected chi connectivity index (χ1v) is 6.58. The fraction of sp³-hybridized carbons (Fsp3) is 0.923. The second kappa shape index (κ2) is 6.24. The lowest BCUT2D eigenvalue weighted by Crippen LogP contribution is -2.57. The second-order valence-corrected chi connectivity index (χ2v) is 5.51. The van der Waals surface area contributed by atoms with Crippen molar-refractivity contribution in [3.8, 4) is 0 Å². The maximum Gasteiger partial charge on any atom is 0.240 e. The molecule has 0 bridgehead atoms. The highest BCUT2D eigenvalue weighted by molar-refractivity contribution is 5.85. The summed E-state index contributed by atoms with van der Waals surface area (Å²) in [4.78, 5) is 12.0. The summed E-state index contributed by atoms with van der Waals surface area (Å²) in [6.07, 6.45) is 5.58. The largest absolute Gasteiger partial charge is 0.355 e. The Kier molecular flexibility index (Phi) is 5.26. The minimum Gasteiger partial charge on any atom is -0.355 e. The number of hydrogen-bond acceptors (Lipinski definition) is 2. The van der Waals surface area contributed by atoms with Crippen LogP contribution >= 0.6 is 0 Å². The van der Waals surface area contributed by atoms with Crippen LogP contribution < -0.4 is 10.6 Å². The zero-order chi connectivity index (χ0) is 12.0. The van der Waals surface area contributed by atoms with Crippen LogP contribution in [0.3, 0.4) is 0 Å². The molecule has 1 aliphatic heterocycles. The number of piperidine rings is 1. The molecule has 1 saturated heterocycles. The van der Waals surface area contributed by atoms with Gasteiger partial charge in [-0.3, -0.25) is 4.79 Å². The van der Waals surface area contributed by atoms with E-state index in [0.717, 1.165) is 38.3 Å². The molecule has 1 atom stereocenters. The number of carbonyl (C=O) groups is 1. The Morgan fingerprint density at radius 1 is 1.44 bits per heavy atom. The molecule has 1 rings (SSSR count). The molecule has 1 fully saturated rings. The van der Waals surface area contributed by atoms with Crippen molar-refractivity contribution >= 4 is 5.91 Å². The van der Waals surface area contributed by atoms with Crippen molar-refractivity contribution in [1.82, 2.24) is 10.6 Å². The lowest BCUT2D eigenvalue weighted by atomic mass is 9.90. The van der Waals surface area contributed by atoms with Crippen molar-refractivity contribution in [1.29, 1.82) is 0 Å². The van der Waals surface area contributed by atoms with Crippen LogP contribution in [0.2, 0.25) is 0 Å². The van der Waals surface area contributed by atoms with E-state index in [-0.39, 0.29) is 11.4 Å². The highest BCUT2D eigenvalue weighted by Gasteiger charge is 2.33. The predicted molar refractivity (Wildman–Crippen MR) is 67.3 cm³/mol. The molecule has 1 heterocycles. The molecule has 0 aliphatic carbocycles. The van der Waals surface area contributed by atoms with Crippen LogP contribution in [-0.4, -0.2) is 24.5 Å². The molecule has 3 heteroatoms. The van der Waals surface area contributed by atoms with Crippen molar-refractivity contribution in [2.75, 3.05) is 13.1 Å². The average Bonchev–Trinajstić information content (AvgIpc) is 2.25. The predicted octanol–water partition coefficient (Wildman–Crippen LogP) is 2.07. The van der Waals surface area contributed by atoms with E-state index in [1.807, 2.05) is 6.92 Å². The van der Waals surface area contributed by atoms with Crippen LogP contribution in [0, 0.1) is 5.92 Å². The van der Waals surface area contributed by atoms with Gasteiger partial charge in [0.1, 0.15) is 0 Å². The van der Waals surface area contributed by atoms with Crippen molar-refractivity contribution in [3.63, 3.8) is 0 Å². The van der Waals surface area contributed by atoms with Crippen LogP contribution in [0.1, 0.15) is 52.9 Å². The maximum atomic E-state index is 12.0. The molecule has 0 aromatic carbocycles. The molecular formula is C13H26N2O.